The lowest BCUT2D eigenvalue weighted by atomic mass is 9.94. The fourth-order valence-corrected chi connectivity index (χ4v) is 1.52. The van der Waals surface area contributed by atoms with Crippen LogP contribution in [0.4, 0.5) is 0 Å². The molecule has 0 bridgehead atoms. The van der Waals surface area contributed by atoms with E-state index >= 15 is 0 Å². The summed E-state index contributed by atoms with van der Waals surface area (Å²) in [5, 5.41) is 13.3. The van der Waals surface area contributed by atoms with Crippen LogP contribution in [0.2, 0.25) is 0 Å². The fraction of sp³-hybridized carbons (Fsp3) is 1.00. The Hall–Kier alpha value is -0.120. The van der Waals surface area contributed by atoms with Crippen molar-refractivity contribution in [2.45, 2.75) is 32.3 Å². The highest BCUT2D eigenvalue weighted by Crippen LogP contribution is 2.19. The van der Waals surface area contributed by atoms with Gasteiger partial charge in [0.05, 0.1) is 5.60 Å². The molecule has 1 saturated heterocycles. The van der Waals surface area contributed by atoms with E-state index in [4.69, 9.17) is 4.74 Å². The minimum absolute atomic E-state index is 0.521. The Morgan fingerprint density at radius 3 is 2.54 bits per heavy atom. The molecule has 0 saturated carbocycles. The van der Waals surface area contributed by atoms with Crippen LogP contribution < -0.4 is 5.32 Å². The van der Waals surface area contributed by atoms with Crippen molar-refractivity contribution in [1.82, 2.24) is 5.32 Å². The molecular weight excluding hydrogens is 166 g/mol. The first-order chi connectivity index (χ1) is 6.12. The average Bonchev–Trinajstić information content (AvgIpc) is 2.04. The third-order valence-corrected chi connectivity index (χ3v) is 2.43. The Kier molecular flexibility index (Phi) is 4.16. The number of aliphatic hydroxyl groups is 1. The van der Waals surface area contributed by atoms with Crippen molar-refractivity contribution >= 4 is 0 Å². The normalized spacial score (nSPS) is 22.2. The van der Waals surface area contributed by atoms with Gasteiger partial charge in [0.1, 0.15) is 0 Å². The summed E-state index contributed by atoms with van der Waals surface area (Å²) in [7, 11) is 0. The van der Waals surface area contributed by atoms with Gasteiger partial charge in [-0.15, -0.1) is 0 Å². The lowest BCUT2D eigenvalue weighted by Crippen LogP contribution is -2.45. The standard InChI is InChI=1S/C10H21NO2/c1-9(2)7-11-8-10(12)3-5-13-6-4-10/h9,11-12H,3-8H2,1-2H3. The molecule has 0 aromatic heterocycles. The van der Waals surface area contributed by atoms with Gasteiger partial charge < -0.3 is 15.2 Å². The zero-order valence-corrected chi connectivity index (χ0v) is 8.68. The molecule has 1 heterocycles. The van der Waals surface area contributed by atoms with Crippen LogP contribution in [0.5, 0.6) is 0 Å². The van der Waals surface area contributed by atoms with Crippen LogP contribution in [0.25, 0.3) is 0 Å². The maximum atomic E-state index is 10.0. The summed E-state index contributed by atoms with van der Waals surface area (Å²) < 4.78 is 5.20. The Bertz CT molecular complexity index is 142. The highest BCUT2D eigenvalue weighted by Gasteiger charge is 2.28. The molecule has 2 N–H and O–H groups in total. The van der Waals surface area contributed by atoms with E-state index in [2.05, 4.69) is 19.2 Å². The molecule has 3 heteroatoms. The molecule has 0 aliphatic carbocycles. The van der Waals surface area contributed by atoms with E-state index in [0.29, 0.717) is 25.7 Å². The quantitative estimate of drug-likeness (QED) is 0.683. The van der Waals surface area contributed by atoms with Crippen molar-refractivity contribution in [3.05, 3.63) is 0 Å². The Labute approximate surface area is 80.5 Å². The summed E-state index contributed by atoms with van der Waals surface area (Å²) in [6.45, 7) is 7.40. The lowest BCUT2D eigenvalue weighted by molar-refractivity contribution is -0.0616. The molecule has 78 valence electrons. The van der Waals surface area contributed by atoms with Crippen LogP contribution in [0.15, 0.2) is 0 Å². The van der Waals surface area contributed by atoms with E-state index in [1.807, 2.05) is 0 Å². The van der Waals surface area contributed by atoms with Crippen LogP contribution in [-0.2, 0) is 4.74 Å². The third kappa shape index (κ3) is 4.07. The lowest BCUT2D eigenvalue weighted by Gasteiger charge is -2.32. The van der Waals surface area contributed by atoms with Gasteiger partial charge in [-0.1, -0.05) is 13.8 Å². The van der Waals surface area contributed by atoms with Gasteiger partial charge in [0.15, 0.2) is 0 Å². The molecule has 0 atom stereocenters. The minimum atomic E-state index is -0.521. The Morgan fingerprint density at radius 2 is 2.00 bits per heavy atom. The Morgan fingerprint density at radius 1 is 1.38 bits per heavy atom. The van der Waals surface area contributed by atoms with Gasteiger partial charge in [-0.3, -0.25) is 0 Å². The van der Waals surface area contributed by atoms with Crippen LogP contribution in [0.1, 0.15) is 26.7 Å². The summed E-state index contributed by atoms with van der Waals surface area (Å²) in [6.07, 6.45) is 1.52. The number of nitrogens with one attached hydrogen (secondary N) is 1. The topological polar surface area (TPSA) is 41.5 Å². The van der Waals surface area contributed by atoms with Gasteiger partial charge in [-0.2, -0.15) is 0 Å². The second-order valence-corrected chi connectivity index (χ2v) is 4.36. The van der Waals surface area contributed by atoms with E-state index in [-0.39, 0.29) is 0 Å². The smallest absolute Gasteiger partial charge is 0.0815 e. The number of ether oxygens (including phenoxy) is 1. The van der Waals surface area contributed by atoms with E-state index in [9.17, 15) is 5.11 Å². The van der Waals surface area contributed by atoms with Gasteiger partial charge in [-0.05, 0) is 12.5 Å². The molecule has 1 fully saturated rings. The molecule has 0 aromatic carbocycles. The third-order valence-electron chi connectivity index (χ3n) is 2.43. The largest absolute Gasteiger partial charge is 0.388 e. The number of rotatable bonds is 4. The Balaban J connectivity index is 2.17. The molecule has 1 aliphatic heterocycles. The molecule has 0 radical (unpaired) electrons. The van der Waals surface area contributed by atoms with Crippen molar-refractivity contribution in [2.75, 3.05) is 26.3 Å². The number of hydrogen-bond donors (Lipinski definition) is 2. The molecule has 1 rings (SSSR count). The maximum Gasteiger partial charge on any atom is 0.0815 e. The molecular formula is C10H21NO2. The summed E-state index contributed by atoms with van der Waals surface area (Å²) in [4.78, 5) is 0. The predicted molar refractivity (Wildman–Crippen MR) is 52.7 cm³/mol. The zero-order chi connectivity index (χ0) is 9.73. The maximum absolute atomic E-state index is 10.0. The van der Waals surface area contributed by atoms with Crippen LogP contribution in [0.3, 0.4) is 0 Å². The van der Waals surface area contributed by atoms with Crippen LogP contribution in [0, 0.1) is 5.92 Å². The monoisotopic (exact) mass is 187 g/mol. The van der Waals surface area contributed by atoms with Crippen molar-refractivity contribution < 1.29 is 9.84 Å². The van der Waals surface area contributed by atoms with Crippen molar-refractivity contribution in [1.29, 1.82) is 0 Å². The van der Waals surface area contributed by atoms with Gasteiger partial charge in [0.2, 0.25) is 0 Å². The van der Waals surface area contributed by atoms with Crippen LogP contribution in [-0.4, -0.2) is 37.0 Å². The predicted octanol–water partition coefficient (Wildman–Crippen LogP) is 0.773. The second-order valence-electron chi connectivity index (χ2n) is 4.36. The summed E-state index contributed by atoms with van der Waals surface area (Å²) in [6, 6.07) is 0. The fourth-order valence-electron chi connectivity index (χ4n) is 1.52. The van der Waals surface area contributed by atoms with Crippen molar-refractivity contribution in [3.63, 3.8) is 0 Å². The first-order valence-electron chi connectivity index (χ1n) is 5.13. The van der Waals surface area contributed by atoms with E-state index in [1.54, 1.807) is 0 Å². The first-order valence-corrected chi connectivity index (χ1v) is 5.13. The summed E-state index contributed by atoms with van der Waals surface area (Å²) in [5.74, 6) is 0.642. The van der Waals surface area contributed by atoms with E-state index in [1.165, 1.54) is 0 Å². The van der Waals surface area contributed by atoms with Crippen molar-refractivity contribution in [3.8, 4) is 0 Å². The van der Waals surface area contributed by atoms with Gasteiger partial charge in [-0.25, -0.2) is 0 Å². The zero-order valence-electron chi connectivity index (χ0n) is 8.68. The molecule has 0 aromatic rings. The van der Waals surface area contributed by atoms with Gasteiger partial charge in [0, 0.05) is 32.6 Å². The first kappa shape index (κ1) is 11.0. The average molecular weight is 187 g/mol. The molecule has 13 heavy (non-hydrogen) atoms. The molecule has 0 unspecified atom stereocenters. The SMILES string of the molecule is CC(C)CNCC1(O)CCOCC1. The molecule has 1 aliphatic rings. The molecule has 3 nitrogen and oxygen atoms in total. The minimum Gasteiger partial charge on any atom is -0.388 e. The van der Waals surface area contributed by atoms with Crippen molar-refractivity contribution in [2.24, 2.45) is 5.92 Å². The second kappa shape index (κ2) is 4.94. The van der Waals surface area contributed by atoms with E-state index in [0.717, 1.165) is 19.4 Å². The molecule has 0 amide bonds. The summed E-state index contributed by atoms with van der Waals surface area (Å²) >= 11 is 0. The van der Waals surface area contributed by atoms with Crippen LogP contribution >= 0.6 is 0 Å². The van der Waals surface area contributed by atoms with Gasteiger partial charge >= 0.3 is 0 Å². The highest BCUT2D eigenvalue weighted by atomic mass is 16.5. The molecule has 0 spiro atoms. The van der Waals surface area contributed by atoms with E-state index < -0.39 is 5.60 Å². The van der Waals surface area contributed by atoms with Gasteiger partial charge in [0.25, 0.3) is 0 Å². The number of hydrogen-bond acceptors (Lipinski definition) is 3. The highest BCUT2D eigenvalue weighted by molar-refractivity contribution is 4.83. The summed E-state index contributed by atoms with van der Waals surface area (Å²) in [5.41, 5.74) is -0.521.